The fourth-order valence-corrected chi connectivity index (χ4v) is 3.16. The predicted octanol–water partition coefficient (Wildman–Crippen LogP) is 4.55. The summed E-state index contributed by atoms with van der Waals surface area (Å²) in [5, 5.41) is 3.60. The van der Waals surface area contributed by atoms with Crippen LogP contribution in [0.25, 0.3) is 0 Å². The summed E-state index contributed by atoms with van der Waals surface area (Å²) in [6.45, 7) is 3.12. The van der Waals surface area contributed by atoms with Crippen LogP contribution < -0.4 is 10.1 Å². The van der Waals surface area contributed by atoms with Crippen LogP contribution in [0.2, 0.25) is 0 Å². The number of hydrogen-bond donors (Lipinski definition) is 1. The minimum absolute atomic E-state index is 0.108. The highest BCUT2D eigenvalue weighted by atomic mass is 127. The van der Waals surface area contributed by atoms with Crippen LogP contribution >= 0.6 is 38.5 Å². The van der Waals surface area contributed by atoms with E-state index in [9.17, 15) is 0 Å². The zero-order valence-corrected chi connectivity index (χ0v) is 15.8. The number of hydrogen-bond acceptors (Lipinski definition) is 3. The van der Waals surface area contributed by atoms with Crippen molar-refractivity contribution in [2.75, 3.05) is 13.7 Å². The van der Waals surface area contributed by atoms with Crippen LogP contribution in [0.3, 0.4) is 0 Å². The van der Waals surface area contributed by atoms with Crippen LogP contribution in [-0.2, 0) is 0 Å². The smallest absolute Gasteiger partial charge is 0.137 e. The third kappa shape index (κ3) is 4.40. The van der Waals surface area contributed by atoms with Gasteiger partial charge in [-0.1, -0.05) is 22.9 Å². The summed E-state index contributed by atoms with van der Waals surface area (Å²) in [7, 11) is 1.66. The van der Waals surface area contributed by atoms with Crippen molar-refractivity contribution in [1.29, 1.82) is 0 Å². The summed E-state index contributed by atoms with van der Waals surface area (Å²) in [4.78, 5) is 4.28. The van der Waals surface area contributed by atoms with Crippen LogP contribution in [0.4, 0.5) is 0 Å². The summed E-state index contributed by atoms with van der Waals surface area (Å²) < 4.78 is 7.61. The van der Waals surface area contributed by atoms with Crippen LogP contribution in [0.5, 0.6) is 5.75 Å². The van der Waals surface area contributed by atoms with Gasteiger partial charge in [0.15, 0.2) is 0 Å². The molecule has 0 fully saturated rings. The van der Waals surface area contributed by atoms with Crippen LogP contribution in [0, 0.1) is 3.57 Å². The maximum atomic E-state index is 5.30. The molecule has 1 atom stereocenters. The van der Waals surface area contributed by atoms with Gasteiger partial charge in [0.1, 0.15) is 5.75 Å². The van der Waals surface area contributed by atoms with Crippen molar-refractivity contribution in [3.05, 3.63) is 55.8 Å². The Bertz CT molecular complexity index is 607. The largest absolute Gasteiger partial charge is 0.495 e. The molecule has 0 saturated heterocycles. The second-order valence-electron chi connectivity index (χ2n) is 4.71. The highest BCUT2D eigenvalue weighted by molar-refractivity contribution is 14.1. The molecule has 0 radical (unpaired) electrons. The Morgan fingerprint density at radius 3 is 2.86 bits per heavy atom. The summed E-state index contributed by atoms with van der Waals surface area (Å²) in [5.74, 6) is 0.779. The van der Waals surface area contributed by atoms with Gasteiger partial charge in [0, 0.05) is 14.2 Å². The lowest BCUT2D eigenvalue weighted by atomic mass is 10.00. The van der Waals surface area contributed by atoms with E-state index < -0.39 is 0 Å². The molecule has 0 spiro atoms. The molecule has 0 aliphatic carbocycles. The lowest BCUT2D eigenvalue weighted by Crippen LogP contribution is -2.24. The van der Waals surface area contributed by atoms with Gasteiger partial charge in [-0.2, -0.15) is 0 Å². The Balaban J connectivity index is 2.44. The molecule has 1 N–H and O–H groups in total. The zero-order chi connectivity index (χ0) is 15.2. The Labute approximate surface area is 147 Å². The molecule has 1 aromatic heterocycles. The van der Waals surface area contributed by atoms with Gasteiger partial charge >= 0.3 is 0 Å². The average Bonchev–Trinajstić information content (AvgIpc) is 2.51. The molecule has 112 valence electrons. The van der Waals surface area contributed by atoms with Crippen molar-refractivity contribution in [2.24, 2.45) is 0 Å². The highest BCUT2D eigenvalue weighted by Gasteiger charge is 2.17. The van der Waals surface area contributed by atoms with Crippen LogP contribution in [0.15, 0.2) is 41.1 Å². The molecule has 0 amide bonds. The average molecular weight is 461 g/mol. The number of halogens is 2. The molecule has 0 aliphatic heterocycles. The van der Waals surface area contributed by atoms with Gasteiger partial charge in [0.2, 0.25) is 0 Å². The van der Waals surface area contributed by atoms with E-state index in [1.165, 1.54) is 9.13 Å². The highest BCUT2D eigenvalue weighted by Crippen LogP contribution is 2.30. The SMILES string of the molecule is CCCNC(c1cncc(OC)c1)c1cc(Br)ccc1I. The lowest BCUT2D eigenvalue weighted by molar-refractivity contribution is 0.411. The van der Waals surface area contributed by atoms with E-state index in [-0.39, 0.29) is 6.04 Å². The monoisotopic (exact) mass is 460 g/mol. The summed E-state index contributed by atoms with van der Waals surface area (Å²) >= 11 is 5.94. The maximum Gasteiger partial charge on any atom is 0.137 e. The number of ether oxygens (including phenoxy) is 1. The van der Waals surface area contributed by atoms with Crippen molar-refractivity contribution in [2.45, 2.75) is 19.4 Å². The fourth-order valence-electron chi connectivity index (χ4n) is 2.14. The molecule has 0 bridgehead atoms. The third-order valence-electron chi connectivity index (χ3n) is 3.17. The van der Waals surface area contributed by atoms with E-state index in [2.05, 4.69) is 73.9 Å². The minimum Gasteiger partial charge on any atom is -0.495 e. The van der Waals surface area contributed by atoms with Crippen molar-refractivity contribution in [1.82, 2.24) is 10.3 Å². The number of nitrogens with zero attached hydrogens (tertiary/aromatic N) is 1. The van der Waals surface area contributed by atoms with E-state index in [0.717, 1.165) is 28.8 Å². The van der Waals surface area contributed by atoms with Crippen molar-refractivity contribution < 1.29 is 4.74 Å². The Hall–Kier alpha value is -0.660. The third-order valence-corrected chi connectivity index (χ3v) is 4.65. The van der Waals surface area contributed by atoms with Crippen LogP contribution in [-0.4, -0.2) is 18.6 Å². The number of nitrogens with one attached hydrogen (secondary N) is 1. The molecular weight excluding hydrogens is 443 g/mol. The maximum absolute atomic E-state index is 5.30. The second-order valence-corrected chi connectivity index (χ2v) is 6.79. The van der Waals surface area contributed by atoms with Crippen molar-refractivity contribution in [3.8, 4) is 5.75 Å². The topological polar surface area (TPSA) is 34.2 Å². The van der Waals surface area contributed by atoms with Crippen molar-refractivity contribution in [3.63, 3.8) is 0 Å². The normalized spacial score (nSPS) is 12.2. The lowest BCUT2D eigenvalue weighted by Gasteiger charge is -2.21. The van der Waals surface area contributed by atoms with Gasteiger partial charge < -0.3 is 10.1 Å². The molecule has 2 aromatic rings. The summed E-state index contributed by atoms with van der Waals surface area (Å²) in [5.41, 5.74) is 2.35. The van der Waals surface area contributed by atoms with E-state index >= 15 is 0 Å². The molecule has 1 heterocycles. The molecule has 3 nitrogen and oxygen atoms in total. The number of benzene rings is 1. The first kappa shape index (κ1) is 16.7. The molecule has 0 saturated carbocycles. The summed E-state index contributed by atoms with van der Waals surface area (Å²) in [6.07, 6.45) is 4.71. The number of methoxy groups -OCH3 is 1. The summed E-state index contributed by atoms with van der Waals surface area (Å²) in [6, 6.07) is 8.49. The zero-order valence-electron chi connectivity index (χ0n) is 12.1. The number of aromatic nitrogens is 1. The van der Waals surface area contributed by atoms with Gasteiger partial charge in [-0.25, -0.2) is 0 Å². The fraction of sp³-hybridized carbons (Fsp3) is 0.312. The predicted molar refractivity (Wildman–Crippen MR) is 97.8 cm³/mol. The molecule has 0 aliphatic rings. The van der Waals surface area contributed by atoms with E-state index in [0.29, 0.717) is 0 Å². The Morgan fingerprint density at radius 1 is 1.33 bits per heavy atom. The van der Waals surface area contributed by atoms with Gasteiger partial charge in [-0.3, -0.25) is 4.98 Å². The minimum atomic E-state index is 0.108. The first-order chi connectivity index (χ1) is 10.2. The number of rotatable bonds is 6. The van der Waals surface area contributed by atoms with Gasteiger partial charge in [0.25, 0.3) is 0 Å². The quantitative estimate of drug-likeness (QED) is 0.642. The number of pyridine rings is 1. The first-order valence-electron chi connectivity index (χ1n) is 6.83. The molecule has 1 unspecified atom stereocenters. The van der Waals surface area contributed by atoms with E-state index in [1.54, 1.807) is 13.3 Å². The standard InChI is InChI=1S/C16H18BrIN2O/c1-3-6-20-16(11-7-13(21-2)10-19-9-11)14-8-12(17)4-5-15(14)18/h4-5,7-10,16,20H,3,6H2,1-2H3. The Kier molecular flexibility index (Phi) is 6.44. The Morgan fingerprint density at radius 2 is 2.14 bits per heavy atom. The molecular formula is C16H18BrIN2O. The van der Waals surface area contributed by atoms with Crippen LogP contribution in [0.1, 0.15) is 30.5 Å². The van der Waals surface area contributed by atoms with E-state index in [1.807, 2.05) is 12.3 Å². The molecule has 21 heavy (non-hydrogen) atoms. The second kappa shape index (κ2) is 8.10. The first-order valence-corrected chi connectivity index (χ1v) is 8.70. The molecule has 5 heteroatoms. The molecule has 2 rings (SSSR count). The molecule has 1 aromatic carbocycles. The van der Waals surface area contributed by atoms with Gasteiger partial charge in [-0.15, -0.1) is 0 Å². The van der Waals surface area contributed by atoms with Crippen molar-refractivity contribution >= 4 is 38.5 Å². The van der Waals surface area contributed by atoms with Gasteiger partial charge in [-0.05, 0) is 70.9 Å². The van der Waals surface area contributed by atoms with E-state index in [4.69, 9.17) is 4.74 Å². The van der Waals surface area contributed by atoms with Gasteiger partial charge in [0.05, 0.1) is 19.3 Å².